The van der Waals surface area contributed by atoms with E-state index in [0.29, 0.717) is 41.7 Å². The Morgan fingerprint density at radius 2 is 1.84 bits per heavy atom. The molecular formula is C26H30ClF2N5O3. The summed E-state index contributed by atoms with van der Waals surface area (Å²) in [5, 5.41) is 7.84. The number of alkyl halides is 2. The molecule has 2 aromatic carbocycles. The minimum absolute atomic E-state index is 0. The molecule has 3 atom stereocenters. The van der Waals surface area contributed by atoms with Crippen molar-refractivity contribution in [3.8, 4) is 22.8 Å². The number of nitrogens with one attached hydrogen (secondary N) is 1. The highest BCUT2D eigenvalue weighted by Crippen LogP contribution is 2.41. The van der Waals surface area contributed by atoms with Gasteiger partial charge in [-0.3, -0.25) is 4.79 Å². The summed E-state index contributed by atoms with van der Waals surface area (Å²) in [7, 11) is 3.09. The van der Waals surface area contributed by atoms with E-state index in [0.717, 1.165) is 17.5 Å². The molecule has 1 aromatic heterocycles. The molecule has 1 fully saturated rings. The van der Waals surface area contributed by atoms with Gasteiger partial charge >= 0.3 is 0 Å². The van der Waals surface area contributed by atoms with Gasteiger partial charge in [-0.25, -0.2) is 13.5 Å². The summed E-state index contributed by atoms with van der Waals surface area (Å²) in [5.41, 5.74) is 8.59. The number of amides is 1. The molecule has 198 valence electrons. The third kappa shape index (κ3) is 5.21. The first-order valence-corrected chi connectivity index (χ1v) is 11.9. The number of likely N-dealkylation sites (tertiary alicyclic amines) is 1. The number of methoxy groups -OCH3 is 2. The van der Waals surface area contributed by atoms with Crippen molar-refractivity contribution in [1.29, 1.82) is 0 Å². The zero-order valence-corrected chi connectivity index (χ0v) is 21.4. The first-order chi connectivity index (χ1) is 17.4. The van der Waals surface area contributed by atoms with Gasteiger partial charge in [0.2, 0.25) is 0 Å². The number of nitrogens with two attached hydrogens (primary N) is 1. The fourth-order valence-electron chi connectivity index (χ4n) is 4.91. The van der Waals surface area contributed by atoms with Crippen molar-refractivity contribution in [2.24, 2.45) is 5.73 Å². The molecule has 8 nitrogen and oxygen atoms in total. The number of halogens is 3. The normalized spacial score (nSPS) is 20.7. The summed E-state index contributed by atoms with van der Waals surface area (Å²) < 4.78 is 40.2. The Hall–Kier alpha value is -3.37. The highest BCUT2D eigenvalue weighted by atomic mass is 35.5. The van der Waals surface area contributed by atoms with Gasteiger partial charge in [-0.05, 0) is 42.7 Å². The van der Waals surface area contributed by atoms with Crippen LogP contribution < -0.4 is 20.5 Å². The number of carbonyl (C=O) groups excluding carboxylic acids is 1. The van der Waals surface area contributed by atoms with Crippen molar-refractivity contribution < 1.29 is 23.0 Å². The average Bonchev–Trinajstić information content (AvgIpc) is 3.53. The van der Waals surface area contributed by atoms with Crippen molar-refractivity contribution >= 4 is 24.1 Å². The maximum Gasteiger partial charge on any atom is 0.260 e. The number of benzene rings is 2. The van der Waals surface area contributed by atoms with Crippen molar-refractivity contribution in [1.82, 2.24) is 14.7 Å². The zero-order valence-electron chi connectivity index (χ0n) is 20.6. The van der Waals surface area contributed by atoms with E-state index >= 15 is 0 Å². The minimum atomic E-state index is -2.59. The summed E-state index contributed by atoms with van der Waals surface area (Å²) in [6.07, 6.45) is -1.63. The van der Waals surface area contributed by atoms with Gasteiger partial charge in [0, 0.05) is 36.3 Å². The molecule has 3 N–H and O–H groups in total. The van der Waals surface area contributed by atoms with E-state index in [-0.39, 0.29) is 36.8 Å². The van der Waals surface area contributed by atoms with Crippen LogP contribution in [0.2, 0.25) is 0 Å². The molecule has 2 unspecified atom stereocenters. The van der Waals surface area contributed by atoms with E-state index in [1.807, 2.05) is 6.07 Å². The topological polar surface area (TPSA) is 94.6 Å². The third-order valence-corrected chi connectivity index (χ3v) is 6.89. The van der Waals surface area contributed by atoms with E-state index in [1.54, 1.807) is 54.5 Å². The quantitative estimate of drug-likeness (QED) is 0.483. The van der Waals surface area contributed by atoms with Crippen LogP contribution in [0.15, 0.2) is 48.5 Å². The second kappa shape index (κ2) is 10.9. The molecule has 11 heteroatoms. The molecule has 0 radical (unpaired) electrons. The number of ether oxygens (including phenoxy) is 2. The van der Waals surface area contributed by atoms with E-state index in [9.17, 15) is 13.6 Å². The van der Waals surface area contributed by atoms with Gasteiger partial charge in [0.1, 0.15) is 11.9 Å². The standard InChI is InChI=1S/C26H29F2N5O3.ClH/c1-35-22-8-7-17(11-23(22)36-2)19-12-21(25(27)28)33-24(30-19)13-20(31-33)15-3-5-16(6-4-15)26(34)32-10-9-18(29)14-32;/h3-8,11,13,18-19,21,25,30H,9-10,12,14,29H2,1-2H3;1H/t18-,19?,21?;/m0./s1. The number of carbonyl (C=O) groups is 1. The first-order valence-electron chi connectivity index (χ1n) is 11.9. The van der Waals surface area contributed by atoms with Crippen LogP contribution in [-0.4, -0.2) is 60.4 Å². The Morgan fingerprint density at radius 3 is 2.46 bits per heavy atom. The smallest absolute Gasteiger partial charge is 0.260 e. The highest BCUT2D eigenvalue weighted by molar-refractivity contribution is 5.95. The van der Waals surface area contributed by atoms with Crippen LogP contribution in [0.5, 0.6) is 11.5 Å². The number of hydrogen-bond acceptors (Lipinski definition) is 6. The van der Waals surface area contributed by atoms with Gasteiger partial charge in [-0.2, -0.15) is 5.10 Å². The molecule has 5 rings (SSSR count). The molecule has 0 bridgehead atoms. The largest absolute Gasteiger partial charge is 0.493 e. The fraction of sp³-hybridized carbons (Fsp3) is 0.385. The van der Waals surface area contributed by atoms with Gasteiger partial charge in [-0.15, -0.1) is 12.4 Å². The van der Waals surface area contributed by atoms with Gasteiger partial charge < -0.3 is 25.4 Å². The molecule has 0 aliphatic carbocycles. The summed E-state index contributed by atoms with van der Waals surface area (Å²) in [6, 6.07) is 12.8. The minimum Gasteiger partial charge on any atom is -0.493 e. The van der Waals surface area contributed by atoms with Gasteiger partial charge in [0.05, 0.1) is 26.0 Å². The maximum atomic E-state index is 14.1. The molecule has 1 saturated heterocycles. The molecule has 2 aliphatic rings. The predicted molar refractivity (Wildman–Crippen MR) is 139 cm³/mol. The van der Waals surface area contributed by atoms with Crippen LogP contribution in [0.4, 0.5) is 14.6 Å². The monoisotopic (exact) mass is 533 g/mol. The average molecular weight is 534 g/mol. The lowest BCUT2D eigenvalue weighted by Crippen LogP contribution is -2.31. The Bertz CT molecular complexity index is 1250. The summed E-state index contributed by atoms with van der Waals surface area (Å²) >= 11 is 0. The van der Waals surface area contributed by atoms with Crippen LogP contribution >= 0.6 is 12.4 Å². The molecule has 2 aliphatic heterocycles. The van der Waals surface area contributed by atoms with Crippen molar-refractivity contribution in [2.45, 2.75) is 37.4 Å². The Labute approximate surface area is 220 Å². The number of fused-ring (bicyclic) bond motifs is 1. The highest BCUT2D eigenvalue weighted by Gasteiger charge is 2.35. The number of hydrogen-bond donors (Lipinski definition) is 2. The van der Waals surface area contributed by atoms with E-state index in [4.69, 9.17) is 15.2 Å². The summed E-state index contributed by atoms with van der Waals surface area (Å²) in [4.78, 5) is 14.5. The van der Waals surface area contributed by atoms with Crippen molar-refractivity contribution in [2.75, 3.05) is 32.6 Å². The zero-order chi connectivity index (χ0) is 25.4. The molecule has 37 heavy (non-hydrogen) atoms. The summed E-state index contributed by atoms with van der Waals surface area (Å²) in [5.74, 6) is 1.56. The SMILES string of the molecule is COc1ccc(C2CC(C(F)F)n3nc(-c4ccc(C(=O)N5CC[C@H](N)C5)cc4)cc3N2)cc1OC.Cl. The lowest BCUT2D eigenvalue weighted by Gasteiger charge is -2.32. The number of anilines is 1. The van der Waals surface area contributed by atoms with E-state index < -0.39 is 12.5 Å². The number of aromatic nitrogens is 2. The molecular weight excluding hydrogens is 504 g/mol. The lowest BCUT2D eigenvalue weighted by molar-refractivity contribution is 0.0659. The van der Waals surface area contributed by atoms with Gasteiger partial charge in [-0.1, -0.05) is 18.2 Å². The summed E-state index contributed by atoms with van der Waals surface area (Å²) in [6.45, 7) is 1.20. The van der Waals surface area contributed by atoms with Crippen molar-refractivity contribution in [3.63, 3.8) is 0 Å². The van der Waals surface area contributed by atoms with Crippen LogP contribution in [-0.2, 0) is 0 Å². The van der Waals surface area contributed by atoms with E-state index in [1.165, 1.54) is 11.8 Å². The Morgan fingerprint density at radius 1 is 1.11 bits per heavy atom. The number of rotatable bonds is 6. The molecule has 3 heterocycles. The van der Waals surface area contributed by atoms with Gasteiger partial charge in [0.25, 0.3) is 12.3 Å². The van der Waals surface area contributed by atoms with Crippen LogP contribution in [0.1, 0.15) is 40.8 Å². The maximum absolute atomic E-state index is 14.1. The third-order valence-electron chi connectivity index (χ3n) is 6.89. The van der Waals surface area contributed by atoms with Crippen LogP contribution in [0.3, 0.4) is 0 Å². The van der Waals surface area contributed by atoms with Crippen LogP contribution in [0, 0.1) is 0 Å². The number of nitrogens with zero attached hydrogens (tertiary/aromatic N) is 3. The van der Waals surface area contributed by atoms with Crippen LogP contribution in [0.25, 0.3) is 11.3 Å². The van der Waals surface area contributed by atoms with E-state index in [2.05, 4.69) is 10.4 Å². The molecule has 1 amide bonds. The predicted octanol–water partition coefficient (Wildman–Crippen LogP) is 4.53. The molecule has 3 aromatic rings. The fourth-order valence-corrected chi connectivity index (χ4v) is 4.91. The molecule has 0 spiro atoms. The first kappa shape index (κ1) is 26.7. The second-order valence-electron chi connectivity index (χ2n) is 9.19. The molecule has 0 saturated carbocycles. The Balaban J connectivity index is 0.00000320. The second-order valence-corrected chi connectivity index (χ2v) is 9.19. The Kier molecular flexibility index (Phi) is 7.89. The lowest BCUT2D eigenvalue weighted by atomic mass is 9.97. The van der Waals surface area contributed by atoms with Gasteiger partial charge in [0.15, 0.2) is 11.5 Å². The van der Waals surface area contributed by atoms with Crippen molar-refractivity contribution in [3.05, 3.63) is 59.7 Å².